The first-order chi connectivity index (χ1) is 8.54. The lowest BCUT2D eigenvalue weighted by atomic mass is 10.2. The number of nitrogens with zero attached hydrogens (tertiary/aromatic N) is 3. The van der Waals surface area contributed by atoms with Gasteiger partial charge in [-0.3, -0.25) is 4.79 Å². The lowest BCUT2D eigenvalue weighted by Gasteiger charge is -2.19. The predicted octanol–water partition coefficient (Wildman–Crippen LogP) is 1.86. The van der Waals surface area contributed by atoms with Crippen LogP contribution in [0.25, 0.3) is 0 Å². The summed E-state index contributed by atoms with van der Waals surface area (Å²) in [4.78, 5) is 15.1. The molecule has 0 bridgehead atoms. The van der Waals surface area contributed by atoms with Crippen molar-refractivity contribution in [2.45, 2.75) is 12.8 Å². The van der Waals surface area contributed by atoms with Crippen molar-refractivity contribution in [3.63, 3.8) is 0 Å². The van der Waals surface area contributed by atoms with Crippen LogP contribution in [-0.4, -0.2) is 38.5 Å². The molecule has 0 heterocycles. The van der Waals surface area contributed by atoms with Crippen molar-refractivity contribution >= 4 is 11.6 Å². The molecule has 0 unspecified atom stereocenters. The van der Waals surface area contributed by atoms with Crippen LogP contribution in [0, 0.1) is 11.3 Å². The van der Waals surface area contributed by atoms with Crippen LogP contribution in [0.15, 0.2) is 24.3 Å². The standard InChI is InChI=1S/C14H19N3O/c1-16(2)14(18)8-5-9-17(3)13-7-4-6-12(10-13)11-15/h4,6-7,10H,5,8-9H2,1-3H3. The molecule has 0 aliphatic rings. The second-order valence-electron chi connectivity index (χ2n) is 4.48. The molecule has 1 aromatic carbocycles. The summed E-state index contributed by atoms with van der Waals surface area (Å²) >= 11 is 0. The first-order valence-corrected chi connectivity index (χ1v) is 5.96. The van der Waals surface area contributed by atoms with E-state index in [4.69, 9.17) is 5.26 Å². The van der Waals surface area contributed by atoms with E-state index in [1.807, 2.05) is 25.2 Å². The maximum Gasteiger partial charge on any atom is 0.222 e. The molecule has 96 valence electrons. The predicted molar refractivity (Wildman–Crippen MR) is 72.4 cm³/mol. The Kier molecular flexibility index (Phi) is 5.19. The van der Waals surface area contributed by atoms with Crippen LogP contribution in [0.2, 0.25) is 0 Å². The van der Waals surface area contributed by atoms with E-state index >= 15 is 0 Å². The molecule has 0 saturated heterocycles. The minimum absolute atomic E-state index is 0.147. The lowest BCUT2D eigenvalue weighted by molar-refractivity contribution is -0.128. The summed E-state index contributed by atoms with van der Waals surface area (Å²) in [6.07, 6.45) is 1.36. The average Bonchev–Trinajstić information content (AvgIpc) is 2.38. The molecule has 1 amide bonds. The van der Waals surface area contributed by atoms with E-state index in [2.05, 4.69) is 11.0 Å². The van der Waals surface area contributed by atoms with Crippen LogP contribution in [0.3, 0.4) is 0 Å². The summed E-state index contributed by atoms with van der Waals surface area (Å²) < 4.78 is 0. The van der Waals surface area contributed by atoms with Crippen molar-refractivity contribution < 1.29 is 4.79 Å². The third-order valence-corrected chi connectivity index (χ3v) is 2.80. The zero-order valence-corrected chi connectivity index (χ0v) is 11.2. The van der Waals surface area contributed by atoms with Gasteiger partial charge in [0.25, 0.3) is 0 Å². The van der Waals surface area contributed by atoms with Gasteiger partial charge in [0.1, 0.15) is 0 Å². The van der Waals surface area contributed by atoms with Gasteiger partial charge in [0.2, 0.25) is 5.91 Å². The van der Waals surface area contributed by atoms with Gasteiger partial charge in [-0.15, -0.1) is 0 Å². The molecule has 0 radical (unpaired) electrons. The molecule has 0 spiro atoms. The zero-order chi connectivity index (χ0) is 13.5. The zero-order valence-electron chi connectivity index (χ0n) is 11.2. The number of anilines is 1. The number of hydrogen-bond donors (Lipinski definition) is 0. The van der Waals surface area contributed by atoms with Crippen molar-refractivity contribution in [3.8, 4) is 6.07 Å². The molecule has 0 atom stereocenters. The van der Waals surface area contributed by atoms with Crippen molar-refractivity contribution in [1.29, 1.82) is 5.26 Å². The second kappa shape index (κ2) is 6.65. The molecule has 0 N–H and O–H groups in total. The summed E-state index contributed by atoms with van der Waals surface area (Å²) in [6.45, 7) is 0.800. The number of hydrogen-bond acceptors (Lipinski definition) is 3. The van der Waals surface area contributed by atoms with E-state index in [1.54, 1.807) is 25.1 Å². The van der Waals surface area contributed by atoms with Gasteiger partial charge in [-0.1, -0.05) is 6.07 Å². The Bertz CT molecular complexity index is 449. The highest BCUT2D eigenvalue weighted by atomic mass is 16.2. The number of carbonyl (C=O) groups excluding carboxylic acids is 1. The fraction of sp³-hybridized carbons (Fsp3) is 0.429. The Labute approximate surface area is 108 Å². The maximum atomic E-state index is 11.4. The van der Waals surface area contributed by atoms with Gasteiger partial charge in [-0.2, -0.15) is 5.26 Å². The summed E-state index contributed by atoms with van der Waals surface area (Å²) in [6, 6.07) is 9.60. The van der Waals surface area contributed by atoms with Crippen molar-refractivity contribution in [3.05, 3.63) is 29.8 Å². The monoisotopic (exact) mass is 245 g/mol. The first kappa shape index (κ1) is 14.0. The molecule has 18 heavy (non-hydrogen) atoms. The minimum atomic E-state index is 0.147. The molecule has 4 heteroatoms. The van der Waals surface area contributed by atoms with Crippen LogP contribution < -0.4 is 4.90 Å². The highest BCUT2D eigenvalue weighted by Gasteiger charge is 2.06. The van der Waals surface area contributed by atoms with E-state index in [9.17, 15) is 4.79 Å². The van der Waals surface area contributed by atoms with Gasteiger partial charge in [0, 0.05) is 39.8 Å². The molecule has 0 aliphatic carbocycles. The van der Waals surface area contributed by atoms with E-state index in [-0.39, 0.29) is 5.91 Å². The third-order valence-electron chi connectivity index (χ3n) is 2.80. The average molecular weight is 245 g/mol. The number of rotatable bonds is 5. The highest BCUT2D eigenvalue weighted by Crippen LogP contribution is 2.14. The fourth-order valence-corrected chi connectivity index (χ4v) is 1.63. The Morgan fingerprint density at radius 1 is 1.33 bits per heavy atom. The summed E-state index contributed by atoms with van der Waals surface area (Å²) in [5, 5.41) is 8.84. The van der Waals surface area contributed by atoms with E-state index in [0.717, 1.165) is 18.7 Å². The molecule has 1 aromatic rings. The topological polar surface area (TPSA) is 47.3 Å². The number of nitriles is 1. The Morgan fingerprint density at radius 2 is 2.06 bits per heavy atom. The van der Waals surface area contributed by atoms with Crippen LogP contribution in [0.1, 0.15) is 18.4 Å². The number of benzene rings is 1. The normalized spacial score (nSPS) is 9.67. The Morgan fingerprint density at radius 3 is 2.67 bits per heavy atom. The molecule has 4 nitrogen and oxygen atoms in total. The summed E-state index contributed by atoms with van der Waals surface area (Å²) in [7, 11) is 5.50. The highest BCUT2D eigenvalue weighted by molar-refractivity contribution is 5.75. The Balaban J connectivity index is 2.48. The van der Waals surface area contributed by atoms with Crippen LogP contribution in [-0.2, 0) is 4.79 Å². The molecular weight excluding hydrogens is 226 g/mol. The molecule has 0 fully saturated rings. The molecule has 1 rings (SSSR count). The summed E-state index contributed by atoms with van der Waals surface area (Å²) in [5.41, 5.74) is 1.66. The van der Waals surface area contributed by atoms with E-state index in [1.165, 1.54) is 0 Å². The molecule has 0 aromatic heterocycles. The number of amides is 1. The SMILES string of the molecule is CN(C)C(=O)CCCN(C)c1cccc(C#N)c1. The largest absolute Gasteiger partial charge is 0.375 e. The number of carbonyl (C=O) groups is 1. The quantitative estimate of drug-likeness (QED) is 0.795. The van der Waals surface area contributed by atoms with Gasteiger partial charge in [-0.25, -0.2) is 0 Å². The van der Waals surface area contributed by atoms with Crippen LogP contribution in [0.5, 0.6) is 0 Å². The van der Waals surface area contributed by atoms with Crippen molar-refractivity contribution in [2.24, 2.45) is 0 Å². The molecule has 0 saturated carbocycles. The van der Waals surface area contributed by atoms with Gasteiger partial charge in [0.05, 0.1) is 11.6 Å². The smallest absolute Gasteiger partial charge is 0.222 e. The fourth-order valence-electron chi connectivity index (χ4n) is 1.63. The van der Waals surface area contributed by atoms with E-state index < -0.39 is 0 Å². The van der Waals surface area contributed by atoms with Gasteiger partial charge in [-0.05, 0) is 24.6 Å². The first-order valence-electron chi connectivity index (χ1n) is 5.96. The molecular formula is C14H19N3O. The third kappa shape index (κ3) is 4.10. The van der Waals surface area contributed by atoms with Gasteiger partial charge in [0.15, 0.2) is 0 Å². The minimum Gasteiger partial charge on any atom is -0.375 e. The van der Waals surface area contributed by atoms with Crippen molar-refractivity contribution in [1.82, 2.24) is 4.90 Å². The maximum absolute atomic E-state index is 11.4. The van der Waals surface area contributed by atoms with Gasteiger partial charge < -0.3 is 9.80 Å². The summed E-state index contributed by atoms with van der Waals surface area (Å²) in [5.74, 6) is 0.147. The Hall–Kier alpha value is -2.02. The van der Waals surface area contributed by atoms with Crippen molar-refractivity contribution in [2.75, 3.05) is 32.6 Å². The van der Waals surface area contributed by atoms with Crippen LogP contribution in [0.4, 0.5) is 5.69 Å². The van der Waals surface area contributed by atoms with Gasteiger partial charge >= 0.3 is 0 Å². The van der Waals surface area contributed by atoms with E-state index in [0.29, 0.717) is 12.0 Å². The lowest BCUT2D eigenvalue weighted by Crippen LogP contribution is -2.24. The molecule has 0 aliphatic heterocycles. The van der Waals surface area contributed by atoms with Crippen LogP contribution >= 0.6 is 0 Å². The second-order valence-corrected chi connectivity index (χ2v) is 4.48.